The van der Waals surface area contributed by atoms with Crippen molar-refractivity contribution in [3.63, 3.8) is 0 Å². The number of hydrogen-bond donors (Lipinski definition) is 0. The molecule has 0 bridgehead atoms. The fraction of sp³-hybridized carbons (Fsp3) is 0.278. The third-order valence-electron chi connectivity index (χ3n) is 4.52. The molecule has 2 atom stereocenters. The third-order valence-corrected chi connectivity index (χ3v) is 4.52. The molecule has 25 heavy (non-hydrogen) atoms. The van der Waals surface area contributed by atoms with Gasteiger partial charge in [-0.15, -0.1) is 0 Å². The van der Waals surface area contributed by atoms with E-state index in [1.165, 1.54) is 18.4 Å². The van der Waals surface area contributed by atoms with Crippen molar-refractivity contribution in [2.75, 3.05) is 6.54 Å². The molecule has 4 rings (SSSR count). The fourth-order valence-corrected chi connectivity index (χ4v) is 3.10. The number of likely N-dealkylation sites (tertiary alicyclic amines) is 1. The van der Waals surface area contributed by atoms with Crippen LogP contribution < -0.4 is 0 Å². The van der Waals surface area contributed by atoms with Crippen LogP contribution in [0.15, 0.2) is 51.6 Å². The number of hydrogen-bond acceptors (Lipinski definition) is 5. The first-order chi connectivity index (χ1) is 12.1. The van der Waals surface area contributed by atoms with Gasteiger partial charge in [0.1, 0.15) is 5.82 Å². The second kappa shape index (κ2) is 6.16. The van der Waals surface area contributed by atoms with Crippen molar-refractivity contribution in [2.24, 2.45) is 0 Å². The molecule has 2 unspecified atom stereocenters. The molecule has 0 spiro atoms. The van der Waals surface area contributed by atoms with E-state index >= 15 is 0 Å². The van der Waals surface area contributed by atoms with E-state index in [4.69, 9.17) is 8.94 Å². The molecule has 1 fully saturated rings. The van der Waals surface area contributed by atoms with E-state index in [1.807, 2.05) is 6.92 Å². The maximum atomic E-state index is 13.1. The number of carbonyl (C=O) groups excluding carboxylic acids is 1. The molecule has 128 valence electrons. The zero-order valence-corrected chi connectivity index (χ0v) is 13.6. The lowest BCUT2D eigenvalue weighted by atomic mass is 10.1. The van der Waals surface area contributed by atoms with Gasteiger partial charge in [-0.2, -0.15) is 4.98 Å². The second-order valence-electron chi connectivity index (χ2n) is 6.11. The molecule has 1 aliphatic heterocycles. The van der Waals surface area contributed by atoms with Crippen molar-refractivity contribution >= 4 is 5.91 Å². The zero-order valence-electron chi connectivity index (χ0n) is 13.6. The van der Waals surface area contributed by atoms with Gasteiger partial charge >= 0.3 is 0 Å². The summed E-state index contributed by atoms with van der Waals surface area (Å²) in [4.78, 5) is 18.5. The smallest absolute Gasteiger partial charge is 0.293 e. The van der Waals surface area contributed by atoms with Gasteiger partial charge in [-0.05, 0) is 36.8 Å². The summed E-state index contributed by atoms with van der Waals surface area (Å²) < 4.78 is 23.6. The molecule has 1 aliphatic rings. The van der Waals surface area contributed by atoms with Gasteiger partial charge in [0.05, 0.1) is 12.3 Å². The molecule has 1 aromatic carbocycles. The first-order valence-electron chi connectivity index (χ1n) is 8.04. The predicted molar refractivity (Wildman–Crippen MR) is 85.9 cm³/mol. The summed E-state index contributed by atoms with van der Waals surface area (Å²) >= 11 is 0. The molecule has 3 aromatic rings. The summed E-state index contributed by atoms with van der Waals surface area (Å²) in [7, 11) is 0. The Morgan fingerprint density at radius 3 is 2.80 bits per heavy atom. The highest BCUT2D eigenvalue weighted by molar-refractivity contribution is 5.80. The highest BCUT2D eigenvalue weighted by atomic mass is 19.1. The van der Waals surface area contributed by atoms with E-state index in [2.05, 4.69) is 10.1 Å². The van der Waals surface area contributed by atoms with Crippen LogP contribution in [0.3, 0.4) is 0 Å². The van der Waals surface area contributed by atoms with Crippen molar-refractivity contribution in [3.8, 4) is 11.7 Å². The van der Waals surface area contributed by atoms with Crippen LogP contribution in [0.2, 0.25) is 0 Å². The quantitative estimate of drug-likeness (QED) is 0.726. The van der Waals surface area contributed by atoms with E-state index in [0.717, 1.165) is 5.56 Å². The molecular weight excluding hydrogens is 325 g/mol. The molecule has 6 nitrogen and oxygen atoms in total. The summed E-state index contributed by atoms with van der Waals surface area (Å²) in [5.74, 6) is 0.888. The summed E-state index contributed by atoms with van der Waals surface area (Å²) in [6, 6.07) is 9.53. The van der Waals surface area contributed by atoms with Crippen molar-refractivity contribution < 1.29 is 18.1 Å². The van der Waals surface area contributed by atoms with Crippen LogP contribution >= 0.6 is 0 Å². The predicted octanol–water partition coefficient (Wildman–Crippen LogP) is 3.55. The lowest BCUT2D eigenvalue weighted by Crippen LogP contribution is -2.28. The third kappa shape index (κ3) is 2.93. The molecular formula is C18H16FN3O3. The molecule has 0 aliphatic carbocycles. The molecule has 7 heteroatoms. The highest BCUT2D eigenvalue weighted by Gasteiger charge is 2.36. The molecule has 2 aromatic heterocycles. The minimum absolute atomic E-state index is 0.0196. The van der Waals surface area contributed by atoms with Crippen LogP contribution in [-0.4, -0.2) is 27.5 Å². The van der Waals surface area contributed by atoms with Gasteiger partial charge in [0.2, 0.25) is 5.91 Å². The lowest BCUT2D eigenvalue weighted by molar-refractivity contribution is -0.129. The Morgan fingerprint density at radius 1 is 1.28 bits per heavy atom. The topological polar surface area (TPSA) is 72.4 Å². The Labute approximate surface area is 143 Å². The zero-order chi connectivity index (χ0) is 17.4. The number of benzene rings is 1. The van der Waals surface area contributed by atoms with Crippen molar-refractivity contribution in [1.82, 2.24) is 15.0 Å². The van der Waals surface area contributed by atoms with Gasteiger partial charge in [-0.3, -0.25) is 4.79 Å². The molecule has 1 saturated heterocycles. The second-order valence-corrected chi connectivity index (χ2v) is 6.11. The van der Waals surface area contributed by atoms with Crippen LogP contribution in [0.25, 0.3) is 11.7 Å². The Bertz CT molecular complexity index is 873. The van der Waals surface area contributed by atoms with Crippen LogP contribution in [0, 0.1) is 5.82 Å². The van der Waals surface area contributed by atoms with Gasteiger partial charge in [0.15, 0.2) is 11.6 Å². The van der Waals surface area contributed by atoms with E-state index in [1.54, 1.807) is 29.2 Å². The Morgan fingerprint density at radius 2 is 2.08 bits per heavy atom. The van der Waals surface area contributed by atoms with Crippen LogP contribution in [0.1, 0.15) is 36.7 Å². The standard InChI is InChI=1S/C18H16FN3O3/c1-11(12-4-6-14(19)7-5-12)22-10-13(9-16(22)23)17-20-18(25-21-17)15-3-2-8-24-15/h2-8,11,13H,9-10H2,1H3. The minimum Gasteiger partial charge on any atom is -0.459 e. The van der Waals surface area contributed by atoms with Gasteiger partial charge in [0, 0.05) is 18.9 Å². The number of aromatic nitrogens is 2. The average molecular weight is 341 g/mol. The SMILES string of the molecule is CC(c1ccc(F)cc1)N1CC(c2noc(-c3ccco3)n2)CC1=O. The number of rotatable bonds is 4. The first-order valence-corrected chi connectivity index (χ1v) is 8.04. The van der Waals surface area contributed by atoms with Gasteiger partial charge in [0.25, 0.3) is 5.89 Å². The summed E-state index contributed by atoms with van der Waals surface area (Å²) in [6.45, 7) is 2.42. The lowest BCUT2D eigenvalue weighted by Gasteiger charge is -2.25. The maximum absolute atomic E-state index is 13.1. The Kier molecular flexibility index (Phi) is 3.83. The van der Waals surface area contributed by atoms with E-state index < -0.39 is 0 Å². The molecule has 0 N–H and O–H groups in total. The van der Waals surface area contributed by atoms with Crippen molar-refractivity contribution in [2.45, 2.75) is 25.3 Å². The van der Waals surface area contributed by atoms with Crippen LogP contribution in [0.5, 0.6) is 0 Å². The number of carbonyl (C=O) groups is 1. The number of furan rings is 1. The number of nitrogens with zero attached hydrogens (tertiary/aromatic N) is 3. The monoisotopic (exact) mass is 341 g/mol. The Hall–Kier alpha value is -2.96. The highest BCUT2D eigenvalue weighted by Crippen LogP contribution is 2.33. The van der Waals surface area contributed by atoms with Crippen LogP contribution in [0.4, 0.5) is 4.39 Å². The van der Waals surface area contributed by atoms with Crippen LogP contribution in [-0.2, 0) is 4.79 Å². The minimum atomic E-state index is -0.293. The number of halogens is 1. The molecule has 0 radical (unpaired) electrons. The molecule has 0 saturated carbocycles. The largest absolute Gasteiger partial charge is 0.459 e. The number of amides is 1. The fourth-order valence-electron chi connectivity index (χ4n) is 3.10. The van der Waals surface area contributed by atoms with Gasteiger partial charge < -0.3 is 13.8 Å². The molecule has 1 amide bonds. The van der Waals surface area contributed by atoms with Crippen molar-refractivity contribution in [3.05, 3.63) is 59.9 Å². The first kappa shape index (κ1) is 15.6. The van der Waals surface area contributed by atoms with E-state index in [-0.39, 0.29) is 23.7 Å². The van der Waals surface area contributed by atoms with Gasteiger partial charge in [-0.1, -0.05) is 17.3 Å². The van der Waals surface area contributed by atoms with E-state index in [9.17, 15) is 9.18 Å². The van der Waals surface area contributed by atoms with E-state index in [0.29, 0.717) is 30.4 Å². The summed E-state index contributed by atoms with van der Waals surface area (Å²) in [6.07, 6.45) is 1.85. The summed E-state index contributed by atoms with van der Waals surface area (Å²) in [5, 5.41) is 3.99. The summed E-state index contributed by atoms with van der Waals surface area (Å²) in [5.41, 5.74) is 0.889. The maximum Gasteiger partial charge on any atom is 0.293 e. The van der Waals surface area contributed by atoms with Gasteiger partial charge in [-0.25, -0.2) is 4.39 Å². The Balaban J connectivity index is 1.51. The molecule has 3 heterocycles. The normalized spacial score (nSPS) is 18.7. The average Bonchev–Trinajstić information content (AvgIpc) is 3.35. The van der Waals surface area contributed by atoms with Crippen molar-refractivity contribution in [1.29, 1.82) is 0 Å².